The minimum Gasteiger partial charge on any atom is -0.477 e. The van der Waals surface area contributed by atoms with E-state index >= 15 is 0 Å². The first kappa shape index (κ1) is 9.27. The Kier molecular flexibility index (Phi) is 4.27. The monoisotopic (exact) mass is 232 g/mol. The van der Waals surface area contributed by atoms with E-state index in [1.54, 1.807) is 0 Å². The molecule has 0 bridgehead atoms. The highest BCUT2D eigenvalue weighted by molar-refractivity contribution is 9.09. The molecule has 9 heavy (non-hydrogen) atoms. The topological polar surface area (TPSA) is 37.3 Å². The molecule has 0 amide bonds. The molecule has 52 valence electrons. The molecule has 5 heteroatoms. The van der Waals surface area contributed by atoms with Crippen molar-refractivity contribution in [3.05, 3.63) is 10.1 Å². The van der Waals surface area contributed by atoms with Gasteiger partial charge < -0.3 is 5.11 Å². The largest absolute Gasteiger partial charge is 0.477 e. The molecule has 0 saturated carbocycles. The van der Waals surface area contributed by atoms with Crippen molar-refractivity contribution in [3.63, 3.8) is 0 Å². The maximum atomic E-state index is 10.0. The molecule has 0 atom stereocenters. The predicted molar refractivity (Wildman–Crippen MR) is 40.2 cm³/mol. The third kappa shape index (κ3) is 3.08. The number of hydrogen-bond acceptors (Lipinski definition) is 1. The van der Waals surface area contributed by atoms with E-state index in [1.807, 2.05) is 0 Å². The lowest BCUT2D eigenvalue weighted by molar-refractivity contribution is -0.131. The van der Waals surface area contributed by atoms with Gasteiger partial charge in [-0.25, -0.2) is 4.79 Å². The minimum absolute atomic E-state index is 0.101. The first-order valence-corrected chi connectivity index (χ1v) is 3.80. The summed E-state index contributed by atoms with van der Waals surface area (Å²) in [6, 6.07) is 0. The van der Waals surface area contributed by atoms with Crippen molar-refractivity contribution >= 4 is 45.1 Å². The first-order chi connectivity index (χ1) is 4.09. The second kappa shape index (κ2) is 4.14. The SMILES string of the molecule is O=C(O)C(Cl)=C(Cl)CBr. The number of halogens is 3. The maximum Gasteiger partial charge on any atom is 0.348 e. The number of alkyl halides is 1. The van der Waals surface area contributed by atoms with Gasteiger partial charge in [-0.1, -0.05) is 39.1 Å². The van der Waals surface area contributed by atoms with Crippen molar-refractivity contribution in [2.24, 2.45) is 0 Å². The summed E-state index contributed by atoms with van der Waals surface area (Å²) in [7, 11) is 0. The molecular formula is C4H3BrCl2O2. The van der Waals surface area contributed by atoms with E-state index in [9.17, 15) is 4.79 Å². The number of carbonyl (C=O) groups is 1. The van der Waals surface area contributed by atoms with Crippen molar-refractivity contribution in [3.8, 4) is 0 Å². The molecule has 1 N–H and O–H groups in total. The van der Waals surface area contributed by atoms with Crippen molar-refractivity contribution in [1.29, 1.82) is 0 Å². The summed E-state index contributed by atoms with van der Waals surface area (Å²) in [6.07, 6.45) is 0. The summed E-state index contributed by atoms with van der Waals surface area (Å²) in [5.74, 6) is -1.21. The van der Waals surface area contributed by atoms with Crippen LogP contribution in [0.25, 0.3) is 0 Å². The zero-order chi connectivity index (χ0) is 7.44. The van der Waals surface area contributed by atoms with Crippen LogP contribution < -0.4 is 0 Å². The Balaban J connectivity index is 4.28. The number of carboxylic acid groups (broad SMARTS) is 1. The van der Waals surface area contributed by atoms with Crippen molar-refractivity contribution in [1.82, 2.24) is 0 Å². The fourth-order valence-electron chi connectivity index (χ4n) is 0.175. The van der Waals surface area contributed by atoms with Crippen LogP contribution in [0.5, 0.6) is 0 Å². The van der Waals surface area contributed by atoms with E-state index in [1.165, 1.54) is 0 Å². The van der Waals surface area contributed by atoms with Crippen LogP contribution in [0.1, 0.15) is 0 Å². The van der Waals surface area contributed by atoms with Crippen LogP contribution in [0.4, 0.5) is 0 Å². The van der Waals surface area contributed by atoms with Crippen LogP contribution in [0.15, 0.2) is 10.1 Å². The van der Waals surface area contributed by atoms with E-state index in [0.717, 1.165) is 0 Å². The van der Waals surface area contributed by atoms with Gasteiger partial charge in [-0.05, 0) is 0 Å². The maximum absolute atomic E-state index is 10.0. The van der Waals surface area contributed by atoms with E-state index in [-0.39, 0.29) is 15.4 Å². The molecular weight excluding hydrogens is 231 g/mol. The van der Waals surface area contributed by atoms with E-state index in [0.29, 0.717) is 0 Å². The number of hydrogen-bond donors (Lipinski definition) is 1. The highest BCUT2D eigenvalue weighted by atomic mass is 79.9. The molecule has 0 radical (unpaired) electrons. The number of carboxylic acids is 1. The second-order valence-corrected chi connectivity index (χ2v) is 2.55. The molecule has 0 rings (SSSR count). The summed E-state index contributed by atoms with van der Waals surface area (Å²) in [4.78, 5) is 10.0. The quantitative estimate of drug-likeness (QED) is 0.587. The Morgan fingerprint density at radius 2 is 2.00 bits per heavy atom. The smallest absolute Gasteiger partial charge is 0.348 e. The molecule has 0 heterocycles. The van der Waals surface area contributed by atoms with Gasteiger partial charge in [-0.3, -0.25) is 0 Å². The molecule has 0 aliphatic rings. The van der Waals surface area contributed by atoms with Crippen LogP contribution in [0, 0.1) is 0 Å². The summed E-state index contributed by atoms with van der Waals surface area (Å²) >= 11 is 13.5. The molecule has 0 aromatic rings. The molecule has 2 nitrogen and oxygen atoms in total. The molecule has 0 saturated heterocycles. The van der Waals surface area contributed by atoms with E-state index < -0.39 is 5.97 Å². The van der Waals surface area contributed by atoms with E-state index in [2.05, 4.69) is 15.9 Å². The lowest BCUT2D eigenvalue weighted by atomic mass is 10.5. The lowest BCUT2D eigenvalue weighted by Gasteiger charge is -1.91. The number of aliphatic carboxylic acids is 1. The molecule has 0 unspecified atom stereocenters. The summed E-state index contributed by atoms with van der Waals surface area (Å²) < 4.78 is 0. The standard InChI is InChI=1S/C4H3BrCl2O2/c5-1-2(6)3(7)4(8)9/h1H2,(H,8,9). The molecule has 0 fully saturated rings. The molecule has 0 aliphatic carbocycles. The molecule has 0 spiro atoms. The lowest BCUT2D eigenvalue weighted by Crippen LogP contribution is -1.96. The van der Waals surface area contributed by atoms with Gasteiger partial charge in [-0.15, -0.1) is 0 Å². The first-order valence-electron chi connectivity index (χ1n) is 1.93. The summed E-state index contributed by atoms with van der Waals surface area (Å²) in [5.41, 5.74) is 0. The second-order valence-electron chi connectivity index (χ2n) is 1.16. The van der Waals surface area contributed by atoms with E-state index in [4.69, 9.17) is 28.3 Å². The van der Waals surface area contributed by atoms with Gasteiger partial charge in [0.15, 0.2) is 0 Å². The van der Waals surface area contributed by atoms with Crippen molar-refractivity contribution in [2.45, 2.75) is 0 Å². The Morgan fingerprint density at radius 1 is 1.56 bits per heavy atom. The molecule has 0 aromatic heterocycles. The summed E-state index contributed by atoms with van der Waals surface area (Å²) in [5, 5.41) is 8.21. The van der Waals surface area contributed by atoms with Gasteiger partial charge in [0, 0.05) is 5.33 Å². The fourth-order valence-corrected chi connectivity index (χ4v) is 0.764. The van der Waals surface area contributed by atoms with Crippen LogP contribution in [0.3, 0.4) is 0 Å². The van der Waals surface area contributed by atoms with Crippen LogP contribution in [0.2, 0.25) is 0 Å². The van der Waals surface area contributed by atoms with Crippen LogP contribution >= 0.6 is 39.1 Å². The molecule has 0 aliphatic heterocycles. The van der Waals surface area contributed by atoms with Gasteiger partial charge in [0.2, 0.25) is 0 Å². The zero-order valence-electron chi connectivity index (χ0n) is 4.20. The van der Waals surface area contributed by atoms with Gasteiger partial charge in [0.1, 0.15) is 5.03 Å². The Bertz CT molecular complexity index is 155. The van der Waals surface area contributed by atoms with Crippen LogP contribution in [-0.4, -0.2) is 16.4 Å². The molecule has 0 aromatic carbocycles. The van der Waals surface area contributed by atoms with Crippen molar-refractivity contribution in [2.75, 3.05) is 5.33 Å². The Morgan fingerprint density at radius 3 is 2.11 bits per heavy atom. The summed E-state index contributed by atoms with van der Waals surface area (Å²) in [6.45, 7) is 0. The highest BCUT2D eigenvalue weighted by Gasteiger charge is 2.07. The van der Waals surface area contributed by atoms with Crippen molar-refractivity contribution < 1.29 is 9.90 Å². The predicted octanol–water partition coefficient (Wildman–Crippen LogP) is 2.16. The average Bonchev–Trinajstić information content (AvgIpc) is 1.84. The van der Waals surface area contributed by atoms with Gasteiger partial charge in [0.05, 0.1) is 5.03 Å². The van der Waals surface area contributed by atoms with Crippen LogP contribution in [-0.2, 0) is 4.79 Å². The van der Waals surface area contributed by atoms with Gasteiger partial charge in [0.25, 0.3) is 0 Å². The Hall–Kier alpha value is 0.270. The van der Waals surface area contributed by atoms with Gasteiger partial charge >= 0.3 is 5.97 Å². The third-order valence-corrected chi connectivity index (χ3v) is 2.24. The third-order valence-electron chi connectivity index (χ3n) is 0.543. The Labute approximate surface area is 70.6 Å². The average molecular weight is 234 g/mol. The normalized spacial score (nSPS) is 12.8. The van der Waals surface area contributed by atoms with Gasteiger partial charge in [-0.2, -0.15) is 0 Å². The number of allylic oxidation sites excluding steroid dienone is 1. The fraction of sp³-hybridized carbons (Fsp3) is 0.250. The zero-order valence-corrected chi connectivity index (χ0v) is 7.29. The highest BCUT2D eigenvalue weighted by Crippen LogP contribution is 2.15. The number of rotatable bonds is 2. The minimum atomic E-state index is -1.21.